The van der Waals surface area contributed by atoms with E-state index in [9.17, 15) is 22.0 Å². The molecule has 11 heteroatoms. The Morgan fingerprint density at radius 1 is 1.05 bits per heavy atom. The Labute approximate surface area is 235 Å². The fourth-order valence-corrected chi connectivity index (χ4v) is 4.51. The van der Waals surface area contributed by atoms with E-state index in [1.54, 1.807) is 12.1 Å². The summed E-state index contributed by atoms with van der Waals surface area (Å²) in [5.41, 5.74) is 7.25. The normalized spacial score (nSPS) is 14.2. The van der Waals surface area contributed by atoms with Crippen LogP contribution in [0.5, 0.6) is 0 Å². The van der Waals surface area contributed by atoms with Crippen LogP contribution >= 0.6 is 0 Å². The molecule has 0 radical (unpaired) electrons. The standard InChI is InChI=1S/C30H32F5N5O/c1-3-10-37-28-23(15-21(31)16-26(28)32)19(2)39-29(38-18-20-6-4-5-7-25(20)30(33,34)35)24-17-22(8-9-27(24)36)40-11-13-41-14-12-40/h4-9,15-17,37H,2-3,10-14,18,36H2,1H3,(H,38,39). The van der Waals surface area contributed by atoms with Crippen LogP contribution in [-0.4, -0.2) is 38.7 Å². The van der Waals surface area contributed by atoms with Crippen molar-refractivity contribution in [3.05, 3.63) is 95.1 Å². The molecule has 0 bridgehead atoms. The molecule has 4 rings (SSSR count). The average molecular weight is 574 g/mol. The number of nitrogen functional groups attached to an aromatic ring is 1. The predicted octanol–water partition coefficient (Wildman–Crippen LogP) is 6.43. The fraction of sp³-hybridized carbons (Fsp3) is 0.300. The van der Waals surface area contributed by atoms with E-state index in [0.717, 1.165) is 23.9 Å². The van der Waals surface area contributed by atoms with Crippen molar-refractivity contribution in [2.24, 2.45) is 4.99 Å². The van der Waals surface area contributed by atoms with Crippen molar-refractivity contribution in [1.82, 2.24) is 5.32 Å². The highest BCUT2D eigenvalue weighted by Crippen LogP contribution is 2.33. The molecule has 0 amide bonds. The number of amidine groups is 1. The van der Waals surface area contributed by atoms with Crippen LogP contribution in [0.3, 0.4) is 0 Å². The number of hydrogen-bond acceptors (Lipinski definition) is 5. The van der Waals surface area contributed by atoms with Gasteiger partial charge in [0.1, 0.15) is 17.5 Å². The molecule has 0 aromatic heterocycles. The van der Waals surface area contributed by atoms with Gasteiger partial charge >= 0.3 is 6.18 Å². The molecular formula is C30H32F5N5O. The van der Waals surface area contributed by atoms with Crippen LogP contribution in [0.15, 0.2) is 66.2 Å². The van der Waals surface area contributed by atoms with Gasteiger partial charge in [0.2, 0.25) is 0 Å². The van der Waals surface area contributed by atoms with E-state index in [-0.39, 0.29) is 34.9 Å². The van der Waals surface area contributed by atoms with Crippen LogP contribution in [0, 0.1) is 11.6 Å². The van der Waals surface area contributed by atoms with E-state index in [1.807, 2.05) is 13.0 Å². The Bertz CT molecular complexity index is 1420. The lowest BCUT2D eigenvalue weighted by molar-refractivity contribution is -0.138. The molecule has 1 heterocycles. The monoisotopic (exact) mass is 573 g/mol. The van der Waals surface area contributed by atoms with Gasteiger partial charge in [-0.3, -0.25) is 4.99 Å². The van der Waals surface area contributed by atoms with Crippen LogP contribution in [0.2, 0.25) is 0 Å². The topological polar surface area (TPSA) is 74.9 Å². The zero-order valence-electron chi connectivity index (χ0n) is 22.6. The van der Waals surface area contributed by atoms with E-state index in [0.29, 0.717) is 50.5 Å². The SMILES string of the molecule is C=C(NC(=NCc1ccccc1C(F)(F)F)c1cc(N2CCOCC2)ccc1N)c1cc(F)cc(F)c1NCCC. The quantitative estimate of drug-likeness (QED) is 0.119. The number of ether oxygens (including phenoxy) is 1. The third-order valence-electron chi connectivity index (χ3n) is 6.60. The summed E-state index contributed by atoms with van der Waals surface area (Å²) in [5, 5.41) is 5.95. The maximum Gasteiger partial charge on any atom is 0.416 e. The number of aliphatic imine (C=N–C) groups is 1. The third-order valence-corrected chi connectivity index (χ3v) is 6.60. The van der Waals surface area contributed by atoms with Crippen LogP contribution < -0.4 is 21.3 Å². The van der Waals surface area contributed by atoms with E-state index in [4.69, 9.17) is 10.5 Å². The van der Waals surface area contributed by atoms with Gasteiger partial charge in [-0.1, -0.05) is 31.7 Å². The van der Waals surface area contributed by atoms with E-state index >= 15 is 0 Å². The summed E-state index contributed by atoms with van der Waals surface area (Å²) >= 11 is 0. The number of alkyl halides is 3. The largest absolute Gasteiger partial charge is 0.416 e. The van der Waals surface area contributed by atoms with Crippen molar-refractivity contribution in [2.45, 2.75) is 26.1 Å². The van der Waals surface area contributed by atoms with Gasteiger partial charge in [0.05, 0.1) is 31.0 Å². The van der Waals surface area contributed by atoms with Crippen LogP contribution in [0.1, 0.15) is 35.6 Å². The molecule has 6 nitrogen and oxygen atoms in total. The van der Waals surface area contributed by atoms with Gasteiger partial charge in [-0.05, 0) is 42.3 Å². The molecule has 3 aromatic carbocycles. The molecule has 1 saturated heterocycles. The van der Waals surface area contributed by atoms with Crippen molar-refractivity contribution in [2.75, 3.05) is 48.8 Å². The first-order chi connectivity index (χ1) is 19.6. The van der Waals surface area contributed by atoms with Gasteiger partial charge < -0.3 is 26.0 Å². The Balaban J connectivity index is 1.77. The summed E-state index contributed by atoms with van der Waals surface area (Å²) in [6, 6.07) is 12.3. The highest BCUT2D eigenvalue weighted by Gasteiger charge is 2.32. The van der Waals surface area contributed by atoms with Crippen molar-refractivity contribution in [3.63, 3.8) is 0 Å². The summed E-state index contributed by atoms with van der Waals surface area (Å²) in [6.07, 6.45) is -3.89. The van der Waals surface area contributed by atoms with Crippen LogP contribution in [0.4, 0.5) is 39.0 Å². The predicted molar refractivity (Wildman–Crippen MR) is 153 cm³/mol. The molecule has 41 heavy (non-hydrogen) atoms. The summed E-state index contributed by atoms with van der Waals surface area (Å²) < 4.78 is 75.5. The molecule has 0 saturated carbocycles. The first kappa shape index (κ1) is 29.9. The smallest absolute Gasteiger partial charge is 0.398 e. The second-order valence-corrected chi connectivity index (χ2v) is 9.53. The number of nitrogens with zero attached hydrogens (tertiary/aromatic N) is 2. The minimum atomic E-state index is -4.57. The zero-order chi connectivity index (χ0) is 29.6. The molecule has 3 aromatic rings. The summed E-state index contributed by atoms with van der Waals surface area (Å²) in [4.78, 5) is 6.59. The van der Waals surface area contributed by atoms with Gasteiger partial charge in [-0.25, -0.2) is 8.78 Å². The maximum atomic E-state index is 14.8. The minimum absolute atomic E-state index is 0.0440. The molecule has 1 fully saturated rings. The molecule has 4 N–H and O–H groups in total. The molecule has 1 aliphatic rings. The van der Waals surface area contributed by atoms with Crippen LogP contribution in [0.25, 0.3) is 5.70 Å². The number of halogens is 5. The van der Waals surface area contributed by atoms with Gasteiger partial charge in [0.25, 0.3) is 0 Å². The number of benzene rings is 3. The lowest BCUT2D eigenvalue weighted by Gasteiger charge is -2.29. The van der Waals surface area contributed by atoms with Gasteiger partial charge in [-0.15, -0.1) is 0 Å². The molecular weight excluding hydrogens is 541 g/mol. The zero-order valence-corrected chi connectivity index (χ0v) is 22.6. The lowest BCUT2D eigenvalue weighted by atomic mass is 10.1. The number of hydrogen-bond donors (Lipinski definition) is 3. The Morgan fingerprint density at radius 3 is 2.49 bits per heavy atom. The maximum absolute atomic E-state index is 14.8. The Morgan fingerprint density at radius 2 is 1.78 bits per heavy atom. The summed E-state index contributed by atoms with van der Waals surface area (Å²) in [6.45, 7) is 8.33. The first-order valence-electron chi connectivity index (χ1n) is 13.2. The lowest BCUT2D eigenvalue weighted by Crippen LogP contribution is -2.36. The number of nitrogens with one attached hydrogen (secondary N) is 2. The molecule has 0 spiro atoms. The number of morpholine rings is 1. The average Bonchev–Trinajstić information content (AvgIpc) is 2.95. The molecule has 218 valence electrons. The summed E-state index contributed by atoms with van der Waals surface area (Å²) in [7, 11) is 0. The van der Waals surface area contributed by atoms with Crippen LogP contribution in [-0.2, 0) is 17.5 Å². The fourth-order valence-electron chi connectivity index (χ4n) is 4.51. The van der Waals surface area contributed by atoms with Crippen molar-refractivity contribution in [1.29, 1.82) is 0 Å². The highest BCUT2D eigenvalue weighted by molar-refractivity contribution is 6.08. The minimum Gasteiger partial charge on any atom is -0.398 e. The second-order valence-electron chi connectivity index (χ2n) is 9.53. The van der Waals surface area contributed by atoms with Gasteiger partial charge in [-0.2, -0.15) is 13.2 Å². The number of nitrogens with two attached hydrogens (primary N) is 1. The second kappa shape index (κ2) is 13.0. The van der Waals surface area contributed by atoms with Gasteiger partial charge in [0, 0.05) is 53.9 Å². The van der Waals surface area contributed by atoms with Crippen molar-refractivity contribution < 1.29 is 26.7 Å². The third kappa shape index (κ3) is 7.35. The summed E-state index contributed by atoms with van der Waals surface area (Å²) in [5.74, 6) is -1.51. The van der Waals surface area contributed by atoms with Crippen molar-refractivity contribution >= 4 is 28.6 Å². The van der Waals surface area contributed by atoms with E-state index < -0.39 is 23.4 Å². The number of anilines is 3. The number of rotatable bonds is 9. The highest BCUT2D eigenvalue weighted by atomic mass is 19.4. The molecule has 1 aliphatic heterocycles. The molecule has 0 atom stereocenters. The van der Waals surface area contributed by atoms with Crippen molar-refractivity contribution in [3.8, 4) is 0 Å². The Hall–Kier alpha value is -4.12. The van der Waals surface area contributed by atoms with Gasteiger partial charge in [0.15, 0.2) is 0 Å². The molecule has 0 aliphatic carbocycles. The van der Waals surface area contributed by atoms with E-state index in [2.05, 4.69) is 27.1 Å². The molecule has 0 unspecified atom stereocenters. The first-order valence-corrected chi connectivity index (χ1v) is 13.2. The van der Waals surface area contributed by atoms with E-state index in [1.165, 1.54) is 18.2 Å². The Kier molecular flexibility index (Phi) is 9.49.